The van der Waals surface area contributed by atoms with Gasteiger partial charge in [-0.05, 0) is 49.2 Å². The second-order valence-corrected chi connectivity index (χ2v) is 10.4. The van der Waals surface area contributed by atoms with E-state index in [-0.39, 0.29) is 20.6 Å². The van der Waals surface area contributed by atoms with E-state index in [1.807, 2.05) is 0 Å². The summed E-state index contributed by atoms with van der Waals surface area (Å²) >= 11 is 7.25. The maximum atomic E-state index is 13.5. The molecule has 4 rings (SSSR count). The molecule has 1 fully saturated rings. The van der Waals surface area contributed by atoms with Gasteiger partial charge in [0.15, 0.2) is 16.8 Å². The smallest absolute Gasteiger partial charge is 0.259 e. The van der Waals surface area contributed by atoms with Crippen molar-refractivity contribution in [2.45, 2.75) is 24.2 Å². The molecule has 0 bridgehead atoms. The van der Waals surface area contributed by atoms with E-state index in [1.165, 1.54) is 28.6 Å². The van der Waals surface area contributed by atoms with Gasteiger partial charge in [0.25, 0.3) is 5.91 Å². The molecular weight excluding hydrogens is 480 g/mol. The fraction of sp³-hybridized carbons (Fsp3) is 0.238. The molecule has 0 radical (unpaired) electrons. The van der Waals surface area contributed by atoms with Gasteiger partial charge in [0.05, 0.1) is 21.2 Å². The molecular formula is C21H18ClF2N3O3S2. The van der Waals surface area contributed by atoms with Gasteiger partial charge in [-0.3, -0.25) is 10.1 Å². The summed E-state index contributed by atoms with van der Waals surface area (Å²) in [5, 5.41) is 4.46. The lowest BCUT2D eigenvalue weighted by molar-refractivity contribution is 0.102. The van der Waals surface area contributed by atoms with Crippen LogP contribution in [0.2, 0.25) is 5.02 Å². The SMILES string of the molecule is O=C(Nc1nc(-c2ccc(F)c(F)c2)cs1)c1cc(S(=O)(=O)N2CCCCC2)ccc1Cl. The Hall–Kier alpha value is -2.40. The first-order valence-corrected chi connectivity index (χ1v) is 12.5. The minimum absolute atomic E-state index is 0.00411. The third-order valence-electron chi connectivity index (χ3n) is 5.08. The number of carbonyl (C=O) groups excluding carboxylic acids is 1. The first kappa shape index (κ1) is 22.8. The van der Waals surface area contributed by atoms with Crippen LogP contribution in [-0.2, 0) is 10.0 Å². The Morgan fingerprint density at radius 1 is 1.06 bits per heavy atom. The number of nitrogens with zero attached hydrogens (tertiary/aromatic N) is 2. The van der Waals surface area contributed by atoms with Crippen LogP contribution in [0.3, 0.4) is 0 Å². The number of hydrogen-bond acceptors (Lipinski definition) is 5. The highest BCUT2D eigenvalue weighted by atomic mass is 35.5. The predicted molar refractivity (Wildman–Crippen MR) is 119 cm³/mol. The number of anilines is 1. The van der Waals surface area contributed by atoms with Gasteiger partial charge in [0, 0.05) is 24.0 Å². The molecule has 32 heavy (non-hydrogen) atoms. The monoisotopic (exact) mass is 497 g/mol. The van der Waals surface area contributed by atoms with Gasteiger partial charge >= 0.3 is 0 Å². The Morgan fingerprint density at radius 2 is 1.81 bits per heavy atom. The Bertz CT molecular complexity index is 1280. The van der Waals surface area contributed by atoms with E-state index in [4.69, 9.17) is 11.6 Å². The lowest BCUT2D eigenvalue weighted by Gasteiger charge is -2.26. The van der Waals surface area contributed by atoms with E-state index in [0.717, 1.165) is 42.7 Å². The van der Waals surface area contributed by atoms with Crippen LogP contribution in [-0.4, -0.2) is 36.7 Å². The quantitative estimate of drug-likeness (QED) is 0.527. The Labute approximate surface area is 192 Å². The van der Waals surface area contributed by atoms with Gasteiger partial charge < -0.3 is 0 Å². The number of carbonyl (C=O) groups is 1. The number of thiazole rings is 1. The van der Waals surface area contributed by atoms with Crippen molar-refractivity contribution in [1.82, 2.24) is 9.29 Å². The van der Waals surface area contributed by atoms with Gasteiger partial charge in [-0.15, -0.1) is 11.3 Å². The summed E-state index contributed by atoms with van der Waals surface area (Å²) in [5.74, 6) is -2.59. The van der Waals surface area contributed by atoms with Crippen molar-refractivity contribution in [2.24, 2.45) is 0 Å². The minimum Gasteiger partial charge on any atom is -0.298 e. The molecule has 3 aromatic rings. The number of sulfonamides is 1. The number of halogens is 3. The molecule has 11 heteroatoms. The van der Waals surface area contributed by atoms with Crippen LogP contribution in [0.1, 0.15) is 29.6 Å². The molecule has 2 aromatic carbocycles. The van der Waals surface area contributed by atoms with Crippen LogP contribution < -0.4 is 5.32 Å². The topological polar surface area (TPSA) is 79.4 Å². The van der Waals surface area contributed by atoms with Crippen molar-refractivity contribution in [2.75, 3.05) is 18.4 Å². The van der Waals surface area contributed by atoms with Crippen LogP contribution >= 0.6 is 22.9 Å². The summed E-state index contributed by atoms with van der Waals surface area (Å²) in [6.45, 7) is 0.886. The molecule has 1 N–H and O–H groups in total. The first-order valence-electron chi connectivity index (χ1n) is 9.78. The van der Waals surface area contributed by atoms with E-state index in [0.29, 0.717) is 24.3 Å². The van der Waals surface area contributed by atoms with Crippen LogP contribution in [0.15, 0.2) is 46.7 Å². The van der Waals surface area contributed by atoms with Crippen molar-refractivity contribution >= 4 is 44.0 Å². The number of hydrogen-bond donors (Lipinski definition) is 1. The second-order valence-electron chi connectivity index (χ2n) is 7.23. The molecule has 1 amide bonds. The number of piperidine rings is 1. The molecule has 1 aromatic heterocycles. The summed E-state index contributed by atoms with van der Waals surface area (Å²) in [6.07, 6.45) is 2.58. The number of rotatable bonds is 5. The number of aromatic nitrogens is 1. The van der Waals surface area contributed by atoms with Gasteiger partial charge in [-0.2, -0.15) is 4.31 Å². The molecule has 1 saturated heterocycles. The fourth-order valence-corrected chi connectivity index (χ4v) is 5.84. The number of benzene rings is 2. The maximum absolute atomic E-state index is 13.5. The molecule has 6 nitrogen and oxygen atoms in total. The van der Waals surface area contributed by atoms with Crippen LogP contribution in [0, 0.1) is 11.6 Å². The predicted octanol–water partition coefficient (Wildman–Crippen LogP) is 5.17. The summed E-state index contributed by atoms with van der Waals surface area (Å²) in [5.41, 5.74) is 0.708. The molecule has 168 valence electrons. The van der Waals surface area contributed by atoms with E-state index in [2.05, 4.69) is 10.3 Å². The van der Waals surface area contributed by atoms with Crippen molar-refractivity contribution in [1.29, 1.82) is 0 Å². The zero-order valence-electron chi connectivity index (χ0n) is 16.6. The normalized spacial score (nSPS) is 15.0. The van der Waals surface area contributed by atoms with Crippen LogP contribution in [0.5, 0.6) is 0 Å². The summed E-state index contributed by atoms with van der Waals surface area (Å²) in [6, 6.07) is 7.41. The number of nitrogens with one attached hydrogen (secondary N) is 1. The average Bonchev–Trinajstić information content (AvgIpc) is 3.24. The first-order chi connectivity index (χ1) is 15.3. The Balaban J connectivity index is 1.55. The summed E-state index contributed by atoms with van der Waals surface area (Å²) in [4.78, 5) is 17.0. The van der Waals surface area contributed by atoms with Crippen molar-refractivity contribution in [3.05, 3.63) is 64.0 Å². The molecule has 0 atom stereocenters. The highest BCUT2D eigenvalue weighted by Crippen LogP contribution is 2.29. The molecule has 0 unspecified atom stereocenters. The summed E-state index contributed by atoms with van der Waals surface area (Å²) < 4.78 is 53.9. The molecule has 1 aliphatic heterocycles. The molecule has 0 saturated carbocycles. The van der Waals surface area contributed by atoms with Gasteiger partial charge in [-0.25, -0.2) is 22.2 Å². The standard InChI is InChI=1S/C21H18ClF2N3O3S2/c22-16-6-5-14(32(29,30)27-8-2-1-3-9-27)11-15(16)20(28)26-21-25-19(12-31-21)13-4-7-17(23)18(24)10-13/h4-7,10-12H,1-3,8-9H2,(H,25,26,28). The maximum Gasteiger partial charge on any atom is 0.259 e. The van der Waals surface area contributed by atoms with E-state index < -0.39 is 27.6 Å². The van der Waals surface area contributed by atoms with Gasteiger partial charge in [0.1, 0.15) is 0 Å². The highest BCUT2D eigenvalue weighted by molar-refractivity contribution is 7.89. The molecule has 1 aliphatic rings. The van der Waals surface area contributed by atoms with E-state index >= 15 is 0 Å². The lowest BCUT2D eigenvalue weighted by Crippen LogP contribution is -2.35. The molecule has 2 heterocycles. The van der Waals surface area contributed by atoms with Crippen LogP contribution in [0.4, 0.5) is 13.9 Å². The van der Waals surface area contributed by atoms with Crippen molar-refractivity contribution in [3.63, 3.8) is 0 Å². The zero-order chi connectivity index (χ0) is 22.9. The molecule has 0 aliphatic carbocycles. The molecule has 0 spiro atoms. The summed E-state index contributed by atoms with van der Waals surface area (Å²) in [7, 11) is -3.73. The second kappa shape index (κ2) is 9.22. The third-order valence-corrected chi connectivity index (χ3v) is 8.06. The highest BCUT2D eigenvalue weighted by Gasteiger charge is 2.27. The van der Waals surface area contributed by atoms with Gasteiger partial charge in [-0.1, -0.05) is 18.0 Å². The van der Waals surface area contributed by atoms with Crippen molar-refractivity contribution in [3.8, 4) is 11.3 Å². The van der Waals surface area contributed by atoms with E-state index in [1.54, 1.807) is 5.38 Å². The van der Waals surface area contributed by atoms with Crippen LogP contribution in [0.25, 0.3) is 11.3 Å². The fourth-order valence-electron chi connectivity index (χ4n) is 3.38. The third kappa shape index (κ3) is 4.68. The number of amides is 1. The minimum atomic E-state index is -3.73. The Morgan fingerprint density at radius 3 is 2.53 bits per heavy atom. The lowest BCUT2D eigenvalue weighted by atomic mass is 10.2. The van der Waals surface area contributed by atoms with Crippen molar-refractivity contribution < 1.29 is 22.0 Å². The van der Waals surface area contributed by atoms with Gasteiger partial charge in [0.2, 0.25) is 10.0 Å². The largest absolute Gasteiger partial charge is 0.298 e. The Kier molecular flexibility index (Phi) is 6.57. The zero-order valence-corrected chi connectivity index (χ0v) is 19.0. The van der Waals surface area contributed by atoms with E-state index in [9.17, 15) is 22.0 Å². The average molecular weight is 498 g/mol.